The second kappa shape index (κ2) is 10.3. The summed E-state index contributed by atoms with van der Waals surface area (Å²) in [5.74, 6) is 0.208. The number of amides is 1. The van der Waals surface area contributed by atoms with E-state index in [1.54, 1.807) is 19.1 Å². The largest absolute Gasteiger partial charge is 0.490 e. The van der Waals surface area contributed by atoms with Crippen LogP contribution in [0.1, 0.15) is 31.7 Å². The van der Waals surface area contributed by atoms with Gasteiger partial charge in [-0.15, -0.1) is 12.4 Å². The molecule has 1 unspecified atom stereocenters. The fourth-order valence-electron chi connectivity index (χ4n) is 2.55. The van der Waals surface area contributed by atoms with Gasteiger partial charge in [0.15, 0.2) is 11.5 Å². The third kappa shape index (κ3) is 6.49. The van der Waals surface area contributed by atoms with Crippen LogP contribution in [-0.4, -0.2) is 31.7 Å². The van der Waals surface area contributed by atoms with Crippen LogP contribution in [0.5, 0.6) is 11.5 Å². The summed E-state index contributed by atoms with van der Waals surface area (Å²) >= 11 is 0. The molecular formula is C16H23ClF2N2O3. The van der Waals surface area contributed by atoms with Gasteiger partial charge in [0.2, 0.25) is 5.91 Å². The first-order valence-electron chi connectivity index (χ1n) is 7.79. The lowest BCUT2D eigenvalue weighted by molar-refractivity contribution is -0.121. The summed E-state index contributed by atoms with van der Waals surface area (Å²) in [6, 6.07) is 4.91. The van der Waals surface area contributed by atoms with Crippen molar-refractivity contribution in [2.75, 3.05) is 13.2 Å². The van der Waals surface area contributed by atoms with Crippen LogP contribution in [0.3, 0.4) is 0 Å². The molecule has 1 aliphatic heterocycles. The molecule has 1 aliphatic rings. The van der Waals surface area contributed by atoms with E-state index in [-0.39, 0.29) is 35.9 Å². The van der Waals surface area contributed by atoms with Gasteiger partial charge in [-0.2, -0.15) is 8.78 Å². The molecule has 1 aromatic rings. The van der Waals surface area contributed by atoms with Crippen LogP contribution < -0.4 is 20.1 Å². The molecule has 8 heteroatoms. The maximum atomic E-state index is 12.3. The van der Waals surface area contributed by atoms with E-state index in [1.807, 2.05) is 0 Å². The molecule has 0 aromatic heterocycles. The lowest BCUT2D eigenvalue weighted by Gasteiger charge is -2.14. The van der Waals surface area contributed by atoms with E-state index in [0.29, 0.717) is 19.6 Å². The number of hydrogen-bond donors (Lipinski definition) is 2. The predicted molar refractivity (Wildman–Crippen MR) is 89.0 cm³/mol. The standard InChI is InChI=1S/C16H22F2N2O3.ClH/c1-2-22-14-8-11(5-6-13(14)23-16(17)18)10-20-15(21)9-12-4-3-7-19-12;/h5-6,8,12,16,19H,2-4,7,9-10H2,1H3,(H,20,21);1H. The van der Waals surface area contributed by atoms with Crippen LogP contribution in [-0.2, 0) is 11.3 Å². The number of nitrogens with one attached hydrogen (secondary N) is 2. The Kier molecular flexibility index (Phi) is 8.78. The molecule has 1 atom stereocenters. The van der Waals surface area contributed by atoms with Crippen molar-refractivity contribution >= 4 is 18.3 Å². The second-order valence-corrected chi connectivity index (χ2v) is 5.37. The first-order valence-corrected chi connectivity index (χ1v) is 7.79. The molecule has 0 saturated carbocycles. The molecular weight excluding hydrogens is 342 g/mol. The van der Waals surface area contributed by atoms with Crippen molar-refractivity contribution in [3.63, 3.8) is 0 Å². The third-order valence-corrected chi connectivity index (χ3v) is 3.61. The molecule has 24 heavy (non-hydrogen) atoms. The van der Waals surface area contributed by atoms with Crippen molar-refractivity contribution in [1.82, 2.24) is 10.6 Å². The lowest BCUT2D eigenvalue weighted by atomic mass is 10.1. The number of halogens is 3. The molecule has 0 aliphatic carbocycles. The lowest BCUT2D eigenvalue weighted by Crippen LogP contribution is -2.31. The topological polar surface area (TPSA) is 59.6 Å². The SMILES string of the molecule is CCOc1cc(CNC(=O)CC2CCCN2)ccc1OC(F)F.Cl. The van der Waals surface area contributed by atoms with Crippen molar-refractivity contribution in [1.29, 1.82) is 0 Å². The predicted octanol–water partition coefficient (Wildman–Crippen LogP) is 2.87. The fourth-order valence-corrected chi connectivity index (χ4v) is 2.55. The minimum Gasteiger partial charge on any atom is -0.490 e. The Balaban J connectivity index is 0.00000288. The summed E-state index contributed by atoms with van der Waals surface area (Å²) in [6.07, 6.45) is 2.56. The van der Waals surface area contributed by atoms with Crippen molar-refractivity contribution in [2.45, 2.75) is 45.4 Å². The summed E-state index contributed by atoms with van der Waals surface area (Å²) < 4.78 is 34.4. The molecule has 1 aromatic carbocycles. The van der Waals surface area contributed by atoms with Gasteiger partial charge in [0.25, 0.3) is 0 Å². The number of hydrogen-bond acceptors (Lipinski definition) is 4. The average molecular weight is 365 g/mol. The Morgan fingerprint density at radius 3 is 2.83 bits per heavy atom. The second-order valence-electron chi connectivity index (χ2n) is 5.37. The molecule has 5 nitrogen and oxygen atoms in total. The Hall–Kier alpha value is -1.60. The Labute approximate surface area is 146 Å². The fraction of sp³-hybridized carbons (Fsp3) is 0.562. The molecule has 1 amide bonds. The number of carbonyl (C=O) groups is 1. The van der Waals surface area contributed by atoms with Crippen LogP contribution in [0.2, 0.25) is 0 Å². The normalized spacial score (nSPS) is 16.6. The minimum atomic E-state index is -2.90. The van der Waals surface area contributed by atoms with Gasteiger partial charge < -0.3 is 20.1 Å². The van der Waals surface area contributed by atoms with Crippen molar-refractivity contribution in [3.05, 3.63) is 23.8 Å². The number of carbonyl (C=O) groups excluding carboxylic acids is 1. The van der Waals surface area contributed by atoms with Gasteiger partial charge in [0.1, 0.15) is 0 Å². The quantitative estimate of drug-likeness (QED) is 0.744. The van der Waals surface area contributed by atoms with Crippen molar-refractivity contribution in [2.24, 2.45) is 0 Å². The molecule has 2 rings (SSSR count). The number of alkyl halides is 2. The van der Waals surface area contributed by atoms with Gasteiger partial charge in [0, 0.05) is 19.0 Å². The maximum Gasteiger partial charge on any atom is 0.387 e. The molecule has 0 radical (unpaired) electrons. The average Bonchev–Trinajstić information content (AvgIpc) is 3.00. The molecule has 136 valence electrons. The number of benzene rings is 1. The summed E-state index contributed by atoms with van der Waals surface area (Å²) in [7, 11) is 0. The van der Waals surface area contributed by atoms with Gasteiger partial charge in [0.05, 0.1) is 6.61 Å². The highest BCUT2D eigenvalue weighted by Gasteiger charge is 2.17. The zero-order valence-electron chi connectivity index (χ0n) is 13.5. The zero-order chi connectivity index (χ0) is 16.7. The third-order valence-electron chi connectivity index (χ3n) is 3.61. The van der Waals surface area contributed by atoms with Crippen LogP contribution >= 0.6 is 12.4 Å². The van der Waals surface area contributed by atoms with Gasteiger partial charge in [-0.3, -0.25) is 4.79 Å². The zero-order valence-corrected chi connectivity index (χ0v) is 14.3. The molecule has 2 N–H and O–H groups in total. The summed E-state index contributed by atoms with van der Waals surface area (Å²) in [4.78, 5) is 11.9. The highest BCUT2D eigenvalue weighted by molar-refractivity contribution is 5.85. The number of ether oxygens (including phenoxy) is 2. The van der Waals surface area contributed by atoms with Crippen molar-refractivity contribution in [3.8, 4) is 11.5 Å². The highest BCUT2D eigenvalue weighted by Crippen LogP contribution is 2.29. The summed E-state index contributed by atoms with van der Waals surface area (Å²) in [6.45, 7) is 0.471. The van der Waals surface area contributed by atoms with E-state index in [2.05, 4.69) is 15.4 Å². The Morgan fingerprint density at radius 2 is 2.21 bits per heavy atom. The van der Waals surface area contributed by atoms with Gasteiger partial charge >= 0.3 is 6.61 Å². The van der Waals surface area contributed by atoms with E-state index in [0.717, 1.165) is 24.9 Å². The van der Waals surface area contributed by atoms with E-state index in [1.165, 1.54) is 6.07 Å². The maximum absolute atomic E-state index is 12.3. The summed E-state index contributed by atoms with van der Waals surface area (Å²) in [5.41, 5.74) is 0.766. The van der Waals surface area contributed by atoms with Crippen molar-refractivity contribution < 1.29 is 23.0 Å². The Bertz CT molecular complexity index is 526. The smallest absolute Gasteiger partial charge is 0.387 e. The van der Waals surface area contributed by atoms with Crippen LogP contribution in [0.15, 0.2) is 18.2 Å². The van der Waals surface area contributed by atoms with E-state index >= 15 is 0 Å². The highest BCUT2D eigenvalue weighted by atomic mass is 35.5. The van der Waals surface area contributed by atoms with Crippen LogP contribution in [0.25, 0.3) is 0 Å². The van der Waals surface area contributed by atoms with E-state index in [9.17, 15) is 13.6 Å². The van der Waals surface area contributed by atoms with Crippen LogP contribution in [0.4, 0.5) is 8.78 Å². The van der Waals surface area contributed by atoms with Gasteiger partial charge in [-0.05, 0) is 44.0 Å². The molecule has 1 heterocycles. The first kappa shape index (κ1) is 20.4. The van der Waals surface area contributed by atoms with Gasteiger partial charge in [-0.1, -0.05) is 6.07 Å². The van der Waals surface area contributed by atoms with E-state index < -0.39 is 6.61 Å². The minimum absolute atomic E-state index is 0. The molecule has 1 fully saturated rings. The molecule has 0 bridgehead atoms. The molecule has 1 saturated heterocycles. The van der Waals surface area contributed by atoms with Gasteiger partial charge in [-0.25, -0.2) is 0 Å². The van der Waals surface area contributed by atoms with Crippen LogP contribution in [0, 0.1) is 0 Å². The van der Waals surface area contributed by atoms with E-state index in [4.69, 9.17) is 4.74 Å². The number of rotatable bonds is 8. The molecule has 0 spiro atoms. The Morgan fingerprint density at radius 1 is 1.42 bits per heavy atom. The monoisotopic (exact) mass is 364 g/mol. The summed E-state index contributed by atoms with van der Waals surface area (Å²) in [5, 5.41) is 6.10. The first-order chi connectivity index (χ1) is 11.1.